The SMILES string of the molecule is NC(=S)S.[CH-]1CCCCC1.[CH3-].[Zn+2]. The standard InChI is InChI=1S/C6H11.CH3NS2.CH3.Zn/c1-2-4-6-5-3-1;2-1(3)4;;/h1H,2-6H2;(H3,2,3,4);1H3;/q-1;;-1;+2. The van der Waals surface area contributed by atoms with E-state index in [1.54, 1.807) is 0 Å². The molecule has 2 N–H and O–H groups in total. The second-order valence-corrected chi connectivity index (χ2v) is 3.49. The molecule has 1 saturated carbocycles. The van der Waals surface area contributed by atoms with Gasteiger partial charge in [0.1, 0.15) is 4.32 Å². The first-order chi connectivity index (χ1) is 4.73. The number of hydrogen-bond acceptors (Lipinski definition) is 1. The Morgan fingerprint density at radius 2 is 1.58 bits per heavy atom. The van der Waals surface area contributed by atoms with E-state index in [1.165, 1.54) is 32.1 Å². The van der Waals surface area contributed by atoms with Crippen LogP contribution in [0.5, 0.6) is 0 Å². The van der Waals surface area contributed by atoms with Crippen molar-refractivity contribution in [2.45, 2.75) is 32.1 Å². The molecule has 1 aliphatic rings. The first-order valence-electron chi connectivity index (χ1n) is 3.53. The van der Waals surface area contributed by atoms with Crippen LogP contribution in [-0.4, -0.2) is 4.32 Å². The normalized spacial score (nSPS) is 14.1. The van der Waals surface area contributed by atoms with Crippen molar-refractivity contribution in [3.8, 4) is 0 Å². The van der Waals surface area contributed by atoms with Crippen LogP contribution < -0.4 is 5.73 Å². The third kappa shape index (κ3) is 22.4. The Morgan fingerprint density at radius 1 is 1.25 bits per heavy atom. The smallest absolute Gasteiger partial charge is 0.385 e. The van der Waals surface area contributed by atoms with E-state index >= 15 is 0 Å². The molecule has 1 aliphatic carbocycles. The van der Waals surface area contributed by atoms with Crippen LogP contribution >= 0.6 is 24.8 Å². The summed E-state index contributed by atoms with van der Waals surface area (Å²) >= 11 is 7.65. The summed E-state index contributed by atoms with van der Waals surface area (Å²) in [5, 5.41) is 0. The summed E-state index contributed by atoms with van der Waals surface area (Å²) in [6, 6.07) is 0. The quantitative estimate of drug-likeness (QED) is 0.302. The largest absolute Gasteiger partial charge is 2.00 e. The van der Waals surface area contributed by atoms with Gasteiger partial charge in [-0.1, -0.05) is 31.5 Å². The van der Waals surface area contributed by atoms with Crippen LogP contribution in [-0.2, 0) is 19.5 Å². The van der Waals surface area contributed by atoms with Crippen molar-refractivity contribution in [2.75, 3.05) is 0 Å². The van der Waals surface area contributed by atoms with E-state index in [-0.39, 0.29) is 31.2 Å². The molecule has 0 aromatic carbocycles. The van der Waals surface area contributed by atoms with Gasteiger partial charge < -0.3 is 19.6 Å². The molecular weight excluding hydrogens is 240 g/mol. The van der Waals surface area contributed by atoms with Crippen molar-refractivity contribution >= 4 is 29.2 Å². The second kappa shape index (κ2) is 14.4. The van der Waals surface area contributed by atoms with E-state index in [0.717, 1.165) is 0 Å². The molecule has 0 amide bonds. The Balaban J connectivity index is -0.000000124. The van der Waals surface area contributed by atoms with Gasteiger partial charge in [-0.2, -0.15) is 12.8 Å². The number of thiocarbonyl (C=S) groups is 1. The number of nitrogens with two attached hydrogens (primary N) is 1. The van der Waals surface area contributed by atoms with E-state index in [9.17, 15) is 0 Å². The molecule has 0 aliphatic heterocycles. The molecule has 0 saturated heterocycles. The third-order valence-corrected chi connectivity index (χ3v) is 1.32. The van der Waals surface area contributed by atoms with Gasteiger partial charge in [-0.05, 0) is 0 Å². The van der Waals surface area contributed by atoms with Crippen LogP contribution in [0.25, 0.3) is 0 Å². The maximum atomic E-state index is 4.71. The zero-order valence-electron chi connectivity index (χ0n) is 7.75. The van der Waals surface area contributed by atoms with Gasteiger partial charge in [0.25, 0.3) is 0 Å². The third-order valence-electron chi connectivity index (χ3n) is 1.32. The Hall–Kier alpha value is 0.863. The van der Waals surface area contributed by atoms with Crippen molar-refractivity contribution < 1.29 is 19.5 Å². The molecule has 1 nitrogen and oxygen atoms in total. The summed E-state index contributed by atoms with van der Waals surface area (Å²) < 4.78 is 0.194. The summed E-state index contributed by atoms with van der Waals surface area (Å²) in [5.41, 5.74) is 4.71. The van der Waals surface area contributed by atoms with Crippen LogP contribution in [0, 0.1) is 13.8 Å². The minimum Gasteiger partial charge on any atom is -0.385 e. The van der Waals surface area contributed by atoms with Crippen molar-refractivity contribution in [1.29, 1.82) is 0 Å². The molecule has 0 spiro atoms. The minimum absolute atomic E-state index is 0. The van der Waals surface area contributed by atoms with Crippen LogP contribution in [0.4, 0.5) is 0 Å². The van der Waals surface area contributed by atoms with E-state index in [0.29, 0.717) is 0 Å². The molecule has 0 aromatic heterocycles. The molecule has 0 atom stereocenters. The van der Waals surface area contributed by atoms with Gasteiger partial charge in [-0.25, -0.2) is 0 Å². The molecule has 0 aromatic rings. The maximum absolute atomic E-state index is 4.71. The van der Waals surface area contributed by atoms with Gasteiger partial charge in [-0.3, -0.25) is 0 Å². The van der Waals surface area contributed by atoms with Crippen molar-refractivity contribution in [2.24, 2.45) is 5.73 Å². The van der Waals surface area contributed by atoms with Gasteiger partial charge in [0, 0.05) is 0 Å². The molecule has 0 radical (unpaired) electrons. The first kappa shape index (κ1) is 18.6. The van der Waals surface area contributed by atoms with Crippen molar-refractivity contribution in [3.63, 3.8) is 0 Å². The zero-order valence-corrected chi connectivity index (χ0v) is 12.4. The molecule has 4 heteroatoms. The average Bonchev–Trinajstić information content (AvgIpc) is 1.90. The van der Waals surface area contributed by atoms with E-state index in [2.05, 4.69) is 31.3 Å². The van der Waals surface area contributed by atoms with Crippen LogP contribution in [0.1, 0.15) is 32.1 Å². The van der Waals surface area contributed by atoms with Crippen LogP contribution in [0.3, 0.4) is 0 Å². The average molecular weight is 257 g/mol. The van der Waals surface area contributed by atoms with Gasteiger partial charge in [-0.15, -0.1) is 12.6 Å². The van der Waals surface area contributed by atoms with Crippen LogP contribution in [0.2, 0.25) is 0 Å². The van der Waals surface area contributed by atoms with E-state index in [4.69, 9.17) is 5.73 Å². The van der Waals surface area contributed by atoms with Gasteiger partial charge >= 0.3 is 19.5 Å². The van der Waals surface area contributed by atoms with Crippen molar-refractivity contribution in [3.05, 3.63) is 13.8 Å². The number of hydrogen-bond donors (Lipinski definition) is 2. The van der Waals surface area contributed by atoms with Gasteiger partial charge in [0.05, 0.1) is 0 Å². The molecule has 0 heterocycles. The number of thiol groups is 1. The second-order valence-electron chi connectivity index (χ2n) is 2.26. The molecular formula is C8H17NS2Zn. The Labute approximate surface area is 100 Å². The van der Waals surface area contributed by atoms with Crippen molar-refractivity contribution in [1.82, 2.24) is 0 Å². The summed E-state index contributed by atoms with van der Waals surface area (Å²) in [6.07, 6.45) is 9.50. The fourth-order valence-corrected chi connectivity index (χ4v) is 0.898. The zero-order chi connectivity index (χ0) is 7.82. The molecule has 0 bridgehead atoms. The molecule has 1 rings (SSSR count). The van der Waals surface area contributed by atoms with Gasteiger partial charge in [0.15, 0.2) is 0 Å². The summed E-state index contributed by atoms with van der Waals surface area (Å²) in [7, 11) is 0. The fraction of sp³-hybridized carbons (Fsp3) is 0.625. The molecule has 1 fully saturated rings. The topological polar surface area (TPSA) is 26.0 Å². The van der Waals surface area contributed by atoms with Gasteiger partial charge in [0.2, 0.25) is 0 Å². The Bertz CT molecular complexity index is 79.5. The Morgan fingerprint density at radius 3 is 1.67 bits per heavy atom. The molecule has 68 valence electrons. The fourth-order valence-electron chi connectivity index (χ4n) is 0.898. The first-order valence-corrected chi connectivity index (χ1v) is 4.39. The summed E-state index contributed by atoms with van der Waals surface area (Å²) in [5.74, 6) is 0. The molecule has 0 unspecified atom stereocenters. The monoisotopic (exact) mass is 255 g/mol. The maximum Gasteiger partial charge on any atom is 2.00 e. The Kier molecular flexibility index (Phi) is 22.3. The minimum atomic E-state index is 0. The van der Waals surface area contributed by atoms with Crippen LogP contribution in [0.15, 0.2) is 0 Å². The summed E-state index contributed by atoms with van der Waals surface area (Å²) in [6.45, 7) is 0. The number of rotatable bonds is 0. The molecule has 12 heavy (non-hydrogen) atoms. The summed E-state index contributed by atoms with van der Waals surface area (Å²) in [4.78, 5) is 0. The predicted octanol–water partition coefficient (Wildman–Crippen LogP) is 2.76. The van der Waals surface area contributed by atoms with E-state index < -0.39 is 0 Å². The predicted molar refractivity (Wildman–Crippen MR) is 59.6 cm³/mol. The van der Waals surface area contributed by atoms with E-state index in [1.807, 2.05) is 0 Å².